The highest BCUT2D eigenvalue weighted by Gasteiger charge is 2.34. The SMILES string of the molecule is C[C@@H]1Cc2ccccc2CN1C(=O)c1cc2c(cc1-c1cc(C(=O)N(C)c3ccc(O)cc3)c3n1CCCC3)CN(C(=O)OCc1cnc3[nH]ccc3c1)C2. The third kappa shape index (κ3) is 6.29. The van der Waals surface area contributed by atoms with Crippen LogP contribution in [-0.4, -0.2) is 60.4 Å². The van der Waals surface area contributed by atoms with Gasteiger partial charge in [0.25, 0.3) is 11.8 Å². The molecule has 278 valence electrons. The van der Waals surface area contributed by atoms with Crippen molar-refractivity contribution in [2.24, 2.45) is 0 Å². The van der Waals surface area contributed by atoms with Crippen LogP contribution in [0.4, 0.5) is 10.5 Å². The molecule has 55 heavy (non-hydrogen) atoms. The van der Waals surface area contributed by atoms with Gasteiger partial charge in [0, 0.05) is 90.8 Å². The molecule has 2 N–H and O–H groups in total. The van der Waals surface area contributed by atoms with Crippen molar-refractivity contribution in [1.29, 1.82) is 0 Å². The van der Waals surface area contributed by atoms with Crippen LogP contribution in [0, 0.1) is 0 Å². The molecule has 0 fully saturated rings. The van der Waals surface area contributed by atoms with Crippen molar-refractivity contribution < 1.29 is 24.2 Å². The summed E-state index contributed by atoms with van der Waals surface area (Å²) in [7, 11) is 1.74. The second kappa shape index (κ2) is 13.8. The van der Waals surface area contributed by atoms with Crippen LogP contribution < -0.4 is 4.90 Å². The van der Waals surface area contributed by atoms with E-state index in [9.17, 15) is 19.5 Å². The van der Waals surface area contributed by atoms with Crippen LogP contribution in [0.1, 0.15) is 74.0 Å². The molecule has 11 heteroatoms. The van der Waals surface area contributed by atoms with Gasteiger partial charge in [0.05, 0.1) is 5.56 Å². The molecule has 6 heterocycles. The van der Waals surface area contributed by atoms with Gasteiger partial charge in [-0.2, -0.15) is 0 Å². The third-order valence-electron chi connectivity index (χ3n) is 11.4. The molecule has 11 nitrogen and oxygen atoms in total. The molecule has 3 aliphatic heterocycles. The zero-order valence-corrected chi connectivity index (χ0v) is 30.9. The van der Waals surface area contributed by atoms with Gasteiger partial charge in [0.15, 0.2) is 0 Å². The fourth-order valence-electron chi connectivity index (χ4n) is 8.43. The zero-order chi connectivity index (χ0) is 37.8. The first-order valence-electron chi connectivity index (χ1n) is 18.9. The third-order valence-corrected chi connectivity index (χ3v) is 11.4. The van der Waals surface area contributed by atoms with E-state index in [1.807, 2.05) is 47.5 Å². The number of ether oxygens (including phenoxy) is 1. The summed E-state index contributed by atoms with van der Waals surface area (Å²) >= 11 is 0. The predicted molar refractivity (Wildman–Crippen MR) is 209 cm³/mol. The molecule has 3 aliphatic rings. The molecule has 0 saturated carbocycles. The Labute approximate surface area is 318 Å². The van der Waals surface area contributed by atoms with E-state index < -0.39 is 6.09 Å². The molecule has 6 aromatic rings. The Morgan fingerprint density at radius 3 is 2.51 bits per heavy atom. The first-order chi connectivity index (χ1) is 26.7. The predicted octanol–water partition coefficient (Wildman–Crippen LogP) is 7.59. The molecule has 0 unspecified atom stereocenters. The smallest absolute Gasteiger partial charge is 0.410 e. The van der Waals surface area contributed by atoms with E-state index in [0.717, 1.165) is 82.5 Å². The quantitative estimate of drug-likeness (QED) is 0.182. The average Bonchev–Trinajstić information content (AvgIpc) is 3.95. The number of amides is 3. The molecule has 3 amide bonds. The minimum absolute atomic E-state index is 0.0210. The van der Waals surface area contributed by atoms with E-state index in [2.05, 4.69) is 39.7 Å². The molecule has 0 bridgehead atoms. The summed E-state index contributed by atoms with van der Waals surface area (Å²) in [5, 5.41) is 10.8. The van der Waals surface area contributed by atoms with Crippen LogP contribution >= 0.6 is 0 Å². The Bertz CT molecular complexity index is 2480. The number of phenolic OH excluding ortho intramolecular Hbond substituents is 1. The number of phenols is 1. The Balaban J connectivity index is 1.07. The number of aromatic hydroxyl groups is 1. The summed E-state index contributed by atoms with van der Waals surface area (Å²) < 4.78 is 7.99. The largest absolute Gasteiger partial charge is 0.508 e. The standard InChI is InChI=1S/C44H42N6O5/c1-27-17-29-7-3-4-8-31(29)25-50(27)43(53)37-20-33-24-48(44(54)55-26-28-18-30-14-15-45-41(30)46-22-28)23-32(33)19-36(37)40-21-38(39-9-5-6-16-49(39)40)42(52)47(2)34-10-12-35(51)13-11-34/h3-4,7-8,10-15,18-22,27,51H,5-6,9,16-17,23-26H2,1-2H3,(H,45,46)/t27-/m1/s1. The number of pyridine rings is 1. The molecule has 1 atom stereocenters. The Morgan fingerprint density at radius 2 is 1.69 bits per heavy atom. The van der Waals surface area contributed by atoms with E-state index in [0.29, 0.717) is 36.4 Å². The number of aromatic amines is 1. The summed E-state index contributed by atoms with van der Waals surface area (Å²) in [6.07, 6.45) is 6.50. The number of nitrogens with one attached hydrogen (secondary N) is 1. The van der Waals surface area contributed by atoms with Crippen molar-refractivity contribution in [2.45, 2.75) is 71.4 Å². The summed E-state index contributed by atoms with van der Waals surface area (Å²) in [6, 6.07) is 24.7. The maximum absolute atomic E-state index is 14.9. The Hall–Kier alpha value is -6.36. The average molecular weight is 735 g/mol. The number of benzene rings is 3. The van der Waals surface area contributed by atoms with Crippen molar-refractivity contribution in [1.82, 2.24) is 24.3 Å². The van der Waals surface area contributed by atoms with E-state index in [1.54, 1.807) is 47.3 Å². The van der Waals surface area contributed by atoms with Gasteiger partial charge in [0.2, 0.25) is 0 Å². The fraction of sp³-hybridized carbons (Fsp3) is 0.273. The molecule has 9 rings (SSSR count). The summed E-state index contributed by atoms with van der Waals surface area (Å²) in [5.74, 6) is -0.0985. The van der Waals surface area contributed by atoms with Crippen LogP contribution in [0.5, 0.6) is 5.75 Å². The minimum Gasteiger partial charge on any atom is -0.508 e. The first-order valence-corrected chi connectivity index (χ1v) is 18.9. The fourth-order valence-corrected chi connectivity index (χ4v) is 8.43. The lowest BCUT2D eigenvalue weighted by Crippen LogP contribution is -2.42. The lowest BCUT2D eigenvalue weighted by atomic mass is 9.92. The summed E-state index contributed by atoms with van der Waals surface area (Å²) in [4.78, 5) is 55.3. The van der Waals surface area contributed by atoms with Gasteiger partial charge in [-0.05, 0) is 109 Å². The van der Waals surface area contributed by atoms with E-state index in [-0.39, 0.29) is 30.2 Å². The van der Waals surface area contributed by atoms with Gasteiger partial charge >= 0.3 is 6.09 Å². The first kappa shape index (κ1) is 34.4. The van der Waals surface area contributed by atoms with E-state index >= 15 is 0 Å². The zero-order valence-electron chi connectivity index (χ0n) is 30.9. The lowest BCUT2D eigenvalue weighted by molar-refractivity contribution is 0.0658. The van der Waals surface area contributed by atoms with Gasteiger partial charge in [0.1, 0.15) is 18.0 Å². The van der Waals surface area contributed by atoms with Crippen molar-refractivity contribution in [3.8, 4) is 17.0 Å². The molecular formula is C44H42N6O5. The van der Waals surface area contributed by atoms with Gasteiger partial charge < -0.3 is 29.2 Å². The normalized spacial score (nSPS) is 16.1. The van der Waals surface area contributed by atoms with E-state index in [1.165, 1.54) is 5.56 Å². The Kier molecular flexibility index (Phi) is 8.64. The maximum Gasteiger partial charge on any atom is 0.410 e. The highest BCUT2D eigenvalue weighted by atomic mass is 16.6. The van der Waals surface area contributed by atoms with E-state index in [4.69, 9.17) is 4.74 Å². The van der Waals surface area contributed by atoms with Crippen LogP contribution in [0.3, 0.4) is 0 Å². The van der Waals surface area contributed by atoms with Crippen LogP contribution in [-0.2, 0) is 50.4 Å². The molecule has 0 saturated heterocycles. The van der Waals surface area contributed by atoms with Crippen LogP contribution in [0.15, 0.2) is 91.3 Å². The number of fused-ring (bicyclic) bond motifs is 4. The number of rotatable bonds is 6. The van der Waals surface area contributed by atoms with Crippen molar-refractivity contribution in [3.63, 3.8) is 0 Å². The molecule has 0 aliphatic carbocycles. The van der Waals surface area contributed by atoms with Gasteiger partial charge in [-0.1, -0.05) is 24.3 Å². The van der Waals surface area contributed by atoms with Gasteiger partial charge in [-0.15, -0.1) is 0 Å². The second-order valence-electron chi connectivity index (χ2n) is 15.0. The number of H-pyrrole nitrogens is 1. The molecule has 3 aromatic heterocycles. The number of hydrogen-bond donors (Lipinski definition) is 2. The number of nitrogens with zero attached hydrogens (tertiary/aromatic N) is 5. The van der Waals surface area contributed by atoms with Gasteiger partial charge in [-0.25, -0.2) is 9.78 Å². The number of carbonyl (C=O) groups excluding carboxylic acids is 3. The molecule has 3 aromatic carbocycles. The molecule has 0 spiro atoms. The maximum atomic E-state index is 14.9. The van der Waals surface area contributed by atoms with Crippen molar-refractivity contribution >= 4 is 34.6 Å². The highest BCUT2D eigenvalue weighted by Crippen LogP contribution is 2.39. The van der Waals surface area contributed by atoms with Crippen LogP contribution in [0.25, 0.3) is 22.3 Å². The van der Waals surface area contributed by atoms with Crippen LogP contribution in [0.2, 0.25) is 0 Å². The Morgan fingerprint density at radius 1 is 0.909 bits per heavy atom. The number of carbonyl (C=O) groups is 3. The summed E-state index contributed by atoms with van der Waals surface area (Å²) in [5.41, 5.74) is 10.2. The molecular weight excluding hydrogens is 693 g/mol. The number of hydrogen-bond acceptors (Lipinski definition) is 6. The second-order valence-corrected chi connectivity index (χ2v) is 15.0. The van der Waals surface area contributed by atoms with Crippen molar-refractivity contribution in [3.05, 3.63) is 136 Å². The highest BCUT2D eigenvalue weighted by molar-refractivity contribution is 6.08. The summed E-state index contributed by atoms with van der Waals surface area (Å²) in [6.45, 7) is 4.06. The topological polar surface area (TPSA) is 124 Å². The van der Waals surface area contributed by atoms with Crippen molar-refractivity contribution in [2.75, 3.05) is 11.9 Å². The monoisotopic (exact) mass is 734 g/mol. The number of anilines is 1. The lowest BCUT2D eigenvalue weighted by Gasteiger charge is -2.35. The molecule has 0 radical (unpaired) electrons. The minimum atomic E-state index is -0.439. The van der Waals surface area contributed by atoms with Gasteiger partial charge in [-0.3, -0.25) is 14.5 Å². The number of aromatic nitrogens is 3.